The van der Waals surface area contributed by atoms with Gasteiger partial charge in [0.25, 0.3) is 0 Å². The van der Waals surface area contributed by atoms with Crippen molar-refractivity contribution in [3.8, 4) is 0 Å². The third-order valence-electron chi connectivity index (χ3n) is 7.43. The van der Waals surface area contributed by atoms with E-state index in [4.69, 9.17) is 0 Å². The Kier molecular flexibility index (Phi) is 4.77. The number of quaternary nitrogens is 1. The van der Waals surface area contributed by atoms with Crippen LogP contribution in [0, 0.1) is 11.8 Å². The summed E-state index contributed by atoms with van der Waals surface area (Å²) in [6.45, 7) is 4.58. The first-order valence-corrected chi connectivity index (χ1v) is 10.9. The Bertz CT molecular complexity index is 891. The molecule has 6 rings (SSSR count). The summed E-state index contributed by atoms with van der Waals surface area (Å²) in [6, 6.07) is 31.6. The van der Waals surface area contributed by atoms with Crippen LogP contribution in [-0.2, 0) is 12.1 Å². The third kappa shape index (κ3) is 3.31. The summed E-state index contributed by atoms with van der Waals surface area (Å²) >= 11 is 0. The molecule has 0 amide bonds. The minimum absolute atomic E-state index is 0.235. The lowest BCUT2D eigenvalue weighted by molar-refractivity contribution is -0.960. The molecule has 0 aliphatic carbocycles. The van der Waals surface area contributed by atoms with Crippen LogP contribution < -0.4 is 0 Å². The molecule has 0 aromatic heterocycles. The number of piperidine rings is 3. The standard InChI is InChI=1S/C27H30NO/c29-27(24-12-6-2-7-13-24,25-14-8-3-9-15-25)26-21-28(18-16-23(26)17-19-28)20-22-10-4-1-5-11-22/h1-15,23,26,29H,16-21H2/q+1/t23?,26-,28?/m1/s1. The lowest BCUT2D eigenvalue weighted by Crippen LogP contribution is -2.65. The highest BCUT2D eigenvalue weighted by Crippen LogP contribution is 2.49. The predicted octanol–water partition coefficient (Wildman–Crippen LogP) is 4.98. The van der Waals surface area contributed by atoms with Gasteiger partial charge in [0.1, 0.15) is 12.1 Å². The maximum absolute atomic E-state index is 12.4. The number of hydrogen-bond donors (Lipinski definition) is 1. The van der Waals surface area contributed by atoms with E-state index in [1.807, 2.05) is 12.1 Å². The molecule has 3 aliphatic rings. The molecule has 2 heteroatoms. The van der Waals surface area contributed by atoms with Crippen molar-refractivity contribution in [1.29, 1.82) is 0 Å². The second-order valence-corrected chi connectivity index (χ2v) is 9.06. The average Bonchev–Trinajstić information content (AvgIpc) is 2.81. The Morgan fingerprint density at radius 3 is 1.72 bits per heavy atom. The highest BCUT2D eigenvalue weighted by molar-refractivity contribution is 5.37. The molecule has 0 spiro atoms. The van der Waals surface area contributed by atoms with E-state index in [9.17, 15) is 5.11 Å². The fourth-order valence-corrected chi connectivity index (χ4v) is 5.93. The molecule has 1 N–H and O–H groups in total. The van der Waals surface area contributed by atoms with Gasteiger partial charge in [-0.25, -0.2) is 0 Å². The molecule has 3 heterocycles. The fraction of sp³-hybridized carbons (Fsp3) is 0.333. The van der Waals surface area contributed by atoms with Crippen LogP contribution in [0.3, 0.4) is 0 Å². The van der Waals surface area contributed by atoms with Crippen molar-refractivity contribution in [2.24, 2.45) is 11.8 Å². The molecule has 3 aromatic carbocycles. The van der Waals surface area contributed by atoms with Gasteiger partial charge in [0.05, 0.1) is 19.6 Å². The van der Waals surface area contributed by atoms with Gasteiger partial charge in [0.2, 0.25) is 0 Å². The minimum atomic E-state index is -0.936. The van der Waals surface area contributed by atoms with Gasteiger partial charge in [-0.05, 0) is 17.0 Å². The van der Waals surface area contributed by atoms with Crippen molar-refractivity contribution in [2.45, 2.75) is 25.0 Å². The van der Waals surface area contributed by atoms with Gasteiger partial charge in [-0.2, -0.15) is 0 Å². The Hall–Kier alpha value is -2.42. The van der Waals surface area contributed by atoms with Crippen LogP contribution in [0.1, 0.15) is 29.5 Å². The van der Waals surface area contributed by atoms with Crippen LogP contribution in [0.2, 0.25) is 0 Å². The normalized spacial score (nSPS) is 26.4. The number of benzene rings is 3. The van der Waals surface area contributed by atoms with E-state index < -0.39 is 5.60 Å². The summed E-state index contributed by atoms with van der Waals surface area (Å²) < 4.78 is 1.10. The van der Waals surface area contributed by atoms with E-state index in [0.717, 1.165) is 28.7 Å². The van der Waals surface area contributed by atoms with E-state index in [0.29, 0.717) is 5.92 Å². The van der Waals surface area contributed by atoms with Crippen LogP contribution in [0.15, 0.2) is 91.0 Å². The molecule has 29 heavy (non-hydrogen) atoms. The summed E-state index contributed by atoms with van der Waals surface area (Å²) in [5.41, 5.74) is 2.54. The quantitative estimate of drug-likeness (QED) is 0.615. The van der Waals surface area contributed by atoms with Gasteiger partial charge in [-0.3, -0.25) is 0 Å². The van der Waals surface area contributed by atoms with Crippen LogP contribution in [-0.4, -0.2) is 29.2 Å². The van der Waals surface area contributed by atoms with Gasteiger partial charge < -0.3 is 9.59 Å². The maximum Gasteiger partial charge on any atom is 0.123 e. The first-order chi connectivity index (χ1) is 14.2. The molecule has 148 valence electrons. The Morgan fingerprint density at radius 1 is 0.724 bits per heavy atom. The van der Waals surface area contributed by atoms with E-state index >= 15 is 0 Å². The highest BCUT2D eigenvalue weighted by Gasteiger charge is 2.54. The Morgan fingerprint density at radius 2 is 1.21 bits per heavy atom. The smallest absolute Gasteiger partial charge is 0.123 e. The maximum atomic E-state index is 12.4. The van der Waals surface area contributed by atoms with E-state index in [-0.39, 0.29) is 5.92 Å². The second-order valence-electron chi connectivity index (χ2n) is 9.06. The number of nitrogens with zero attached hydrogens (tertiary/aromatic N) is 1. The zero-order chi connectivity index (χ0) is 19.7. The van der Waals surface area contributed by atoms with Gasteiger partial charge in [-0.1, -0.05) is 91.0 Å². The molecule has 2 bridgehead atoms. The Labute approximate surface area is 174 Å². The van der Waals surface area contributed by atoms with Crippen LogP contribution >= 0.6 is 0 Å². The minimum Gasteiger partial charge on any atom is -0.380 e. The second kappa shape index (κ2) is 7.44. The summed E-state index contributed by atoms with van der Waals surface area (Å²) in [4.78, 5) is 0. The molecule has 2 nitrogen and oxygen atoms in total. The zero-order valence-electron chi connectivity index (χ0n) is 17.0. The van der Waals surface area contributed by atoms with Crippen LogP contribution in [0.25, 0.3) is 0 Å². The zero-order valence-corrected chi connectivity index (χ0v) is 17.0. The van der Waals surface area contributed by atoms with E-state index in [1.165, 1.54) is 31.5 Å². The highest BCUT2D eigenvalue weighted by atomic mass is 16.3. The number of aliphatic hydroxyl groups is 1. The lowest BCUT2D eigenvalue weighted by atomic mass is 9.64. The van der Waals surface area contributed by atoms with Gasteiger partial charge in [0, 0.05) is 24.3 Å². The molecule has 1 atom stereocenters. The van der Waals surface area contributed by atoms with Gasteiger partial charge >= 0.3 is 0 Å². The topological polar surface area (TPSA) is 20.2 Å². The molecule has 3 aliphatic heterocycles. The first kappa shape index (κ1) is 18.6. The van der Waals surface area contributed by atoms with Crippen molar-refractivity contribution in [3.63, 3.8) is 0 Å². The van der Waals surface area contributed by atoms with Crippen molar-refractivity contribution in [3.05, 3.63) is 108 Å². The van der Waals surface area contributed by atoms with Crippen molar-refractivity contribution >= 4 is 0 Å². The summed E-state index contributed by atoms with van der Waals surface area (Å²) in [5.74, 6) is 0.815. The first-order valence-electron chi connectivity index (χ1n) is 10.9. The molecule has 0 saturated carbocycles. The third-order valence-corrected chi connectivity index (χ3v) is 7.43. The summed E-state index contributed by atoms with van der Waals surface area (Å²) in [6.07, 6.45) is 2.42. The van der Waals surface area contributed by atoms with Crippen LogP contribution in [0.5, 0.6) is 0 Å². The Balaban J connectivity index is 1.55. The number of hydrogen-bond acceptors (Lipinski definition) is 1. The SMILES string of the molecule is OC(c1ccccc1)(c1ccccc1)[C@@H]1C[N+]2(Cc3ccccc3)CCC1CC2. The molecule has 3 saturated heterocycles. The molecule has 0 unspecified atom stereocenters. The fourth-order valence-electron chi connectivity index (χ4n) is 5.93. The monoisotopic (exact) mass is 384 g/mol. The largest absolute Gasteiger partial charge is 0.380 e. The van der Waals surface area contributed by atoms with Gasteiger partial charge in [0.15, 0.2) is 0 Å². The number of rotatable bonds is 5. The van der Waals surface area contributed by atoms with Crippen molar-refractivity contribution in [2.75, 3.05) is 19.6 Å². The summed E-state index contributed by atoms with van der Waals surface area (Å²) in [7, 11) is 0. The van der Waals surface area contributed by atoms with Crippen LogP contribution in [0.4, 0.5) is 0 Å². The number of fused-ring (bicyclic) bond motifs is 3. The predicted molar refractivity (Wildman–Crippen MR) is 117 cm³/mol. The molecule has 3 aromatic rings. The molecule has 3 fully saturated rings. The molecular formula is C27H30NO+. The summed E-state index contributed by atoms with van der Waals surface area (Å²) in [5, 5.41) is 12.4. The van der Waals surface area contributed by atoms with E-state index in [1.54, 1.807) is 0 Å². The van der Waals surface area contributed by atoms with E-state index in [2.05, 4.69) is 78.9 Å². The van der Waals surface area contributed by atoms with Crippen molar-refractivity contribution < 1.29 is 9.59 Å². The molecule has 0 radical (unpaired) electrons. The average molecular weight is 385 g/mol. The lowest BCUT2D eigenvalue weighted by Gasteiger charge is -2.56. The molecular weight excluding hydrogens is 354 g/mol. The van der Waals surface area contributed by atoms with Gasteiger partial charge in [-0.15, -0.1) is 0 Å². The van der Waals surface area contributed by atoms with Crippen molar-refractivity contribution in [1.82, 2.24) is 0 Å².